The number of guanidine groups is 1. The molecule has 1 fully saturated rings. The van der Waals surface area contributed by atoms with Crippen LogP contribution in [-0.4, -0.2) is 37.2 Å². The van der Waals surface area contributed by atoms with Crippen molar-refractivity contribution >= 4 is 29.9 Å². The van der Waals surface area contributed by atoms with Crippen molar-refractivity contribution in [3.05, 3.63) is 30.1 Å². The molecule has 0 amide bonds. The molecule has 1 aromatic heterocycles. The maximum Gasteiger partial charge on any atom is 0.191 e. The summed E-state index contributed by atoms with van der Waals surface area (Å²) in [7, 11) is 0. The lowest BCUT2D eigenvalue weighted by molar-refractivity contribution is 0.123. The fourth-order valence-corrected chi connectivity index (χ4v) is 1.91. The third kappa shape index (κ3) is 8.53. The predicted octanol–water partition coefficient (Wildman–Crippen LogP) is 2.57. The molecule has 1 heterocycles. The average molecular weight is 418 g/mol. The second-order valence-electron chi connectivity index (χ2n) is 5.31. The molecule has 0 saturated heterocycles. The summed E-state index contributed by atoms with van der Waals surface area (Å²) in [5, 5.41) is 6.57. The summed E-state index contributed by atoms with van der Waals surface area (Å²) in [6, 6.07) is 5.88. The molecule has 6 heteroatoms. The third-order valence-electron chi connectivity index (χ3n) is 3.28. The van der Waals surface area contributed by atoms with Gasteiger partial charge in [-0.3, -0.25) is 4.98 Å². The smallest absolute Gasteiger partial charge is 0.191 e. The number of aliphatic imine (C=N–C) groups is 1. The van der Waals surface area contributed by atoms with Gasteiger partial charge in [0.25, 0.3) is 0 Å². The van der Waals surface area contributed by atoms with Gasteiger partial charge in [0, 0.05) is 32.5 Å². The lowest BCUT2D eigenvalue weighted by Crippen LogP contribution is -2.38. The van der Waals surface area contributed by atoms with Crippen LogP contribution in [0.2, 0.25) is 0 Å². The van der Waals surface area contributed by atoms with E-state index in [-0.39, 0.29) is 24.0 Å². The van der Waals surface area contributed by atoms with E-state index in [1.54, 1.807) is 6.20 Å². The van der Waals surface area contributed by atoms with Gasteiger partial charge in [0.2, 0.25) is 0 Å². The number of pyridine rings is 1. The molecule has 124 valence electrons. The van der Waals surface area contributed by atoms with Gasteiger partial charge in [-0.1, -0.05) is 6.07 Å². The average Bonchev–Trinajstić information content (AvgIpc) is 3.33. The Labute approximate surface area is 150 Å². The van der Waals surface area contributed by atoms with Crippen LogP contribution >= 0.6 is 24.0 Å². The van der Waals surface area contributed by atoms with Crippen LogP contribution in [0, 0.1) is 5.92 Å². The van der Waals surface area contributed by atoms with Crippen molar-refractivity contribution in [1.29, 1.82) is 0 Å². The van der Waals surface area contributed by atoms with Crippen LogP contribution in [0.3, 0.4) is 0 Å². The van der Waals surface area contributed by atoms with Crippen LogP contribution < -0.4 is 10.6 Å². The van der Waals surface area contributed by atoms with E-state index in [9.17, 15) is 0 Å². The van der Waals surface area contributed by atoms with Crippen molar-refractivity contribution in [3.8, 4) is 0 Å². The van der Waals surface area contributed by atoms with E-state index in [2.05, 4.69) is 27.5 Å². The maximum absolute atomic E-state index is 5.62. The molecule has 0 radical (unpaired) electrons. The van der Waals surface area contributed by atoms with Crippen LogP contribution in [0.15, 0.2) is 29.4 Å². The standard InChI is InChI=1S/C16H26N4O.HI/c1-2-17-16(20-12-15-6-3-4-9-18-15)19-10-5-11-21-13-14-7-8-14;/h3-4,6,9,14H,2,5,7-8,10-13H2,1H3,(H2,17,19,20);1H. The van der Waals surface area contributed by atoms with Gasteiger partial charge in [0.05, 0.1) is 12.2 Å². The molecule has 1 aliphatic rings. The number of halogens is 1. The second-order valence-corrected chi connectivity index (χ2v) is 5.31. The Morgan fingerprint density at radius 2 is 2.23 bits per heavy atom. The van der Waals surface area contributed by atoms with Crippen molar-refractivity contribution in [1.82, 2.24) is 15.6 Å². The van der Waals surface area contributed by atoms with Crippen LogP contribution in [0.5, 0.6) is 0 Å². The van der Waals surface area contributed by atoms with E-state index < -0.39 is 0 Å². The SMILES string of the molecule is CCNC(=NCc1ccccn1)NCCCOCC1CC1.I. The van der Waals surface area contributed by atoms with Gasteiger partial charge in [-0.2, -0.15) is 0 Å². The number of aromatic nitrogens is 1. The van der Waals surface area contributed by atoms with Gasteiger partial charge in [-0.15, -0.1) is 24.0 Å². The molecule has 22 heavy (non-hydrogen) atoms. The third-order valence-corrected chi connectivity index (χ3v) is 3.28. The Kier molecular flexibility index (Phi) is 10.1. The largest absolute Gasteiger partial charge is 0.381 e. The normalized spacial score (nSPS) is 14.3. The van der Waals surface area contributed by atoms with E-state index in [0.29, 0.717) is 6.54 Å². The minimum atomic E-state index is 0. The highest BCUT2D eigenvalue weighted by Gasteiger charge is 2.20. The van der Waals surface area contributed by atoms with Crippen molar-refractivity contribution < 1.29 is 4.74 Å². The lowest BCUT2D eigenvalue weighted by atomic mass is 10.3. The van der Waals surface area contributed by atoms with Gasteiger partial charge in [-0.25, -0.2) is 4.99 Å². The Balaban J connectivity index is 0.00000242. The fraction of sp³-hybridized carbons (Fsp3) is 0.625. The van der Waals surface area contributed by atoms with Crippen LogP contribution in [0.4, 0.5) is 0 Å². The second kappa shape index (κ2) is 11.6. The summed E-state index contributed by atoms with van der Waals surface area (Å²) >= 11 is 0. The van der Waals surface area contributed by atoms with E-state index in [4.69, 9.17) is 4.74 Å². The Hall–Kier alpha value is -0.890. The molecule has 1 saturated carbocycles. The topological polar surface area (TPSA) is 58.5 Å². The Morgan fingerprint density at radius 1 is 1.36 bits per heavy atom. The van der Waals surface area contributed by atoms with Crippen molar-refractivity contribution in [3.63, 3.8) is 0 Å². The molecule has 1 aromatic rings. The first kappa shape index (κ1) is 19.2. The summed E-state index contributed by atoms with van der Waals surface area (Å²) in [5.74, 6) is 1.68. The van der Waals surface area contributed by atoms with E-state index in [0.717, 1.165) is 50.3 Å². The first-order chi connectivity index (χ1) is 10.4. The van der Waals surface area contributed by atoms with Gasteiger partial charge in [0.15, 0.2) is 5.96 Å². The molecule has 0 aliphatic heterocycles. The van der Waals surface area contributed by atoms with E-state index in [1.807, 2.05) is 18.2 Å². The van der Waals surface area contributed by atoms with Crippen LogP contribution in [0.1, 0.15) is 31.9 Å². The molecule has 1 aliphatic carbocycles. The van der Waals surface area contributed by atoms with Gasteiger partial charge < -0.3 is 15.4 Å². The lowest BCUT2D eigenvalue weighted by Gasteiger charge is -2.11. The molecule has 2 N–H and O–H groups in total. The first-order valence-electron chi connectivity index (χ1n) is 7.88. The van der Waals surface area contributed by atoms with Crippen molar-refractivity contribution in [2.75, 3.05) is 26.3 Å². The predicted molar refractivity (Wildman–Crippen MR) is 101 cm³/mol. The minimum absolute atomic E-state index is 0. The quantitative estimate of drug-likeness (QED) is 0.280. The summed E-state index contributed by atoms with van der Waals surface area (Å²) in [5.41, 5.74) is 0.975. The zero-order chi connectivity index (χ0) is 14.8. The highest BCUT2D eigenvalue weighted by Crippen LogP contribution is 2.28. The Morgan fingerprint density at radius 3 is 2.91 bits per heavy atom. The summed E-state index contributed by atoms with van der Waals surface area (Å²) in [4.78, 5) is 8.80. The van der Waals surface area contributed by atoms with E-state index >= 15 is 0 Å². The van der Waals surface area contributed by atoms with Gasteiger partial charge >= 0.3 is 0 Å². The molecule has 2 rings (SSSR count). The van der Waals surface area contributed by atoms with Gasteiger partial charge in [-0.05, 0) is 44.2 Å². The van der Waals surface area contributed by atoms with E-state index in [1.165, 1.54) is 12.8 Å². The fourth-order valence-electron chi connectivity index (χ4n) is 1.91. The number of nitrogens with zero attached hydrogens (tertiary/aromatic N) is 2. The molecular formula is C16H27IN4O. The van der Waals surface area contributed by atoms with Crippen LogP contribution in [0.25, 0.3) is 0 Å². The number of nitrogens with one attached hydrogen (secondary N) is 2. The van der Waals surface area contributed by atoms with Crippen molar-refractivity contribution in [2.24, 2.45) is 10.9 Å². The summed E-state index contributed by atoms with van der Waals surface area (Å²) in [6.07, 6.45) is 5.50. The van der Waals surface area contributed by atoms with Gasteiger partial charge in [0.1, 0.15) is 0 Å². The molecular weight excluding hydrogens is 391 g/mol. The molecule has 0 aromatic carbocycles. The van der Waals surface area contributed by atoms with Crippen molar-refractivity contribution in [2.45, 2.75) is 32.7 Å². The minimum Gasteiger partial charge on any atom is -0.381 e. The monoisotopic (exact) mass is 418 g/mol. The molecule has 5 nitrogen and oxygen atoms in total. The number of rotatable bonds is 9. The first-order valence-corrected chi connectivity index (χ1v) is 7.88. The maximum atomic E-state index is 5.62. The number of ether oxygens (including phenoxy) is 1. The summed E-state index contributed by atoms with van der Waals surface area (Å²) in [6.45, 7) is 6.15. The highest BCUT2D eigenvalue weighted by molar-refractivity contribution is 14.0. The molecule has 0 spiro atoms. The number of hydrogen-bond donors (Lipinski definition) is 2. The zero-order valence-corrected chi connectivity index (χ0v) is 15.6. The summed E-state index contributed by atoms with van der Waals surface area (Å²) < 4.78 is 5.62. The number of hydrogen-bond acceptors (Lipinski definition) is 3. The van der Waals surface area contributed by atoms with Crippen LogP contribution in [-0.2, 0) is 11.3 Å². The highest BCUT2D eigenvalue weighted by atomic mass is 127. The molecule has 0 atom stereocenters. The zero-order valence-electron chi connectivity index (χ0n) is 13.3. The molecule has 0 bridgehead atoms. The molecule has 0 unspecified atom stereocenters. The Bertz CT molecular complexity index is 423.